The van der Waals surface area contributed by atoms with Gasteiger partial charge < -0.3 is 4.57 Å². The minimum Gasteiger partial charge on any atom is -0.327 e. The van der Waals surface area contributed by atoms with Crippen molar-refractivity contribution in [3.8, 4) is 0 Å². The van der Waals surface area contributed by atoms with E-state index in [0.717, 1.165) is 44.5 Å². The standard InChI is InChI=1S/C25H35N7S/c1-14(2)19-28-17(23(3,4)5)15-20(30-19)26-12-32(15)11-25(9,10)22-29-18(24(6,7)8)16-21(31-22)27-13-33-16/h12-14H,11H2,1-10H3. The molecular weight excluding hydrogens is 430 g/mol. The van der Waals surface area contributed by atoms with Crippen LogP contribution in [0.25, 0.3) is 21.5 Å². The Morgan fingerprint density at radius 3 is 2.09 bits per heavy atom. The first-order chi connectivity index (χ1) is 15.2. The molecule has 8 heteroatoms. The Hall–Kier alpha value is -2.48. The van der Waals surface area contributed by atoms with Crippen LogP contribution in [-0.2, 0) is 22.8 Å². The van der Waals surface area contributed by atoms with E-state index < -0.39 is 0 Å². The van der Waals surface area contributed by atoms with E-state index in [4.69, 9.17) is 19.9 Å². The molecule has 4 rings (SSSR count). The van der Waals surface area contributed by atoms with E-state index in [1.54, 1.807) is 11.3 Å². The molecule has 0 saturated carbocycles. The van der Waals surface area contributed by atoms with Gasteiger partial charge in [-0.2, -0.15) is 0 Å². The maximum Gasteiger partial charge on any atom is 0.181 e. The van der Waals surface area contributed by atoms with Gasteiger partial charge in [-0.05, 0) is 0 Å². The van der Waals surface area contributed by atoms with E-state index in [0.29, 0.717) is 6.54 Å². The first kappa shape index (κ1) is 23.7. The molecule has 0 atom stereocenters. The van der Waals surface area contributed by atoms with E-state index in [1.807, 2.05) is 11.8 Å². The highest BCUT2D eigenvalue weighted by atomic mass is 32.1. The van der Waals surface area contributed by atoms with Crippen molar-refractivity contribution in [1.82, 2.24) is 34.5 Å². The van der Waals surface area contributed by atoms with Gasteiger partial charge in [-0.15, -0.1) is 11.3 Å². The van der Waals surface area contributed by atoms with E-state index in [1.165, 1.54) is 0 Å². The van der Waals surface area contributed by atoms with Crippen molar-refractivity contribution in [1.29, 1.82) is 0 Å². The van der Waals surface area contributed by atoms with Gasteiger partial charge in [-0.3, -0.25) is 0 Å². The molecule has 0 aliphatic rings. The molecule has 0 aliphatic heterocycles. The number of thiazole rings is 1. The van der Waals surface area contributed by atoms with Crippen LogP contribution in [0.2, 0.25) is 0 Å². The van der Waals surface area contributed by atoms with Crippen molar-refractivity contribution < 1.29 is 0 Å². The molecule has 176 valence electrons. The summed E-state index contributed by atoms with van der Waals surface area (Å²) in [5, 5.41) is 0. The van der Waals surface area contributed by atoms with Crippen LogP contribution in [0.1, 0.15) is 98.2 Å². The van der Waals surface area contributed by atoms with Crippen LogP contribution in [0, 0.1) is 0 Å². The summed E-state index contributed by atoms with van der Waals surface area (Å²) in [6.07, 6.45) is 1.88. The molecule has 0 amide bonds. The van der Waals surface area contributed by atoms with E-state index >= 15 is 0 Å². The number of imidazole rings is 1. The van der Waals surface area contributed by atoms with Crippen LogP contribution in [0.5, 0.6) is 0 Å². The van der Waals surface area contributed by atoms with Gasteiger partial charge in [0.1, 0.15) is 17.2 Å². The minimum absolute atomic E-state index is 0.0965. The van der Waals surface area contributed by atoms with Crippen molar-refractivity contribution in [3.63, 3.8) is 0 Å². The summed E-state index contributed by atoms with van der Waals surface area (Å²) in [5.41, 5.74) is 5.86. The lowest BCUT2D eigenvalue weighted by atomic mass is 9.88. The van der Waals surface area contributed by atoms with Gasteiger partial charge in [0.25, 0.3) is 0 Å². The number of nitrogens with zero attached hydrogens (tertiary/aromatic N) is 7. The molecule has 4 aromatic rings. The zero-order chi connectivity index (χ0) is 24.3. The molecule has 0 unspecified atom stereocenters. The fourth-order valence-electron chi connectivity index (χ4n) is 3.97. The largest absolute Gasteiger partial charge is 0.327 e. The van der Waals surface area contributed by atoms with E-state index in [2.05, 4.69) is 83.8 Å². The SMILES string of the molecule is CC(C)c1nc(C(C)(C)C)c2c(ncn2CC(C)(C)c2nc(C(C)(C)C)c3scnc3n2)n1. The Balaban J connectivity index is 1.85. The third-order valence-corrected chi connectivity index (χ3v) is 6.61. The molecule has 4 heterocycles. The molecule has 4 aromatic heterocycles. The van der Waals surface area contributed by atoms with Crippen molar-refractivity contribution >= 4 is 32.8 Å². The first-order valence-electron chi connectivity index (χ1n) is 11.5. The van der Waals surface area contributed by atoms with E-state index in [-0.39, 0.29) is 22.2 Å². The average molecular weight is 466 g/mol. The fourth-order valence-corrected chi connectivity index (χ4v) is 4.89. The summed E-state index contributed by atoms with van der Waals surface area (Å²) < 4.78 is 3.24. The molecule has 7 nitrogen and oxygen atoms in total. The Bertz CT molecular complexity index is 1320. The molecule has 0 spiro atoms. The molecule has 33 heavy (non-hydrogen) atoms. The third kappa shape index (κ3) is 4.37. The van der Waals surface area contributed by atoms with E-state index in [9.17, 15) is 0 Å². The number of hydrogen-bond acceptors (Lipinski definition) is 7. The topological polar surface area (TPSA) is 82.3 Å². The lowest BCUT2D eigenvalue weighted by Crippen LogP contribution is -2.29. The first-order valence-corrected chi connectivity index (χ1v) is 12.4. The summed E-state index contributed by atoms with van der Waals surface area (Å²) in [6, 6.07) is 0. The molecular formula is C25H35N7S. The zero-order valence-corrected chi connectivity index (χ0v) is 22.3. The van der Waals surface area contributed by atoms with Gasteiger partial charge >= 0.3 is 0 Å². The quantitative estimate of drug-likeness (QED) is 0.372. The van der Waals surface area contributed by atoms with Crippen molar-refractivity contribution in [2.24, 2.45) is 0 Å². The normalized spacial score (nSPS) is 13.5. The van der Waals surface area contributed by atoms with Crippen LogP contribution in [0.4, 0.5) is 0 Å². The number of aromatic nitrogens is 7. The van der Waals surface area contributed by atoms with Gasteiger partial charge in [-0.25, -0.2) is 29.9 Å². The molecule has 0 fully saturated rings. The second-order valence-electron chi connectivity index (χ2n) is 11.9. The maximum absolute atomic E-state index is 5.08. The van der Waals surface area contributed by atoms with Crippen LogP contribution >= 0.6 is 11.3 Å². The molecule has 0 N–H and O–H groups in total. The Labute approximate surface area is 200 Å². The van der Waals surface area contributed by atoms with Crippen LogP contribution in [-0.4, -0.2) is 34.5 Å². The Morgan fingerprint density at radius 2 is 1.48 bits per heavy atom. The highest BCUT2D eigenvalue weighted by Crippen LogP contribution is 2.34. The predicted octanol–water partition coefficient (Wildman–Crippen LogP) is 5.92. The minimum atomic E-state index is -0.350. The van der Waals surface area contributed by atoms with Crippen LogP contribution in [0.15, 0.2) is 11.8 Å². The predicted molar refractivity (Wildman–Crippen MR) is 135 cm³/mol. The second-order valence-corrected chi connectivity index (χ2v) is 12.8. The lowest BCUT2D eigenvalue weighted by Gasteiger charge is -2.27. The Kier molecular flexibility index (Phi) is 5.59. The van der Waals surface area contributed by atoms with Gasteiger partial charge in [0, 0.05) is 28.7 Å². The summed E-state index contributed by atoms with van der Waals surface area (Å²) in [4.78, 5) is 28.9. The maximum atomic E-state index is 5.08. The molecule has 0 aromatic carbocycles. The summed E-state index contributed by atoms with van der Waals surface area (Å²) in [7, 11) is 0. The smallest absolute Gasteiger partial charge is 0.181 e. The lowest BCUT2D eigenvalue weighted by molar-refractivity contribution is 0.411. The van der Waals surface area contributed by atoms with Gasteiger partial charge in [0.15, 0.2) is 11.3 Å². The number of fused-ring (bicyclic) bond motifs is 2. The van der Waals surface area contributed by atoms with Crippen LogP contribution < -0.4 is 0 Å². The van der Waals surface area contributed by atoms with Crippen molar-refractivity contribution in [2.45, 2.75) is 97.9 Å². The second kappa shape index (κ2) is 7.79. The van der Waals surface area contributed by atoms with Crippen LogP contribution in [0.3, 0.4) is 0 Å². The summed E-state index contributed by atoms with van der Waals surface area (Å²) in [5.74, 6) is 1.87. The molecule has 0 aliphatic carbocycles. The van der Waals surface area contributed by atoms with Gasteiger partial charge in [-0.1, -0.05) is 69.2 Å². The highest BCUT2D eigenvalue weighted by molar-refractivity contribution is 7.16. The average Bonchev–Trinajstić information content (AvgIpc) is 3.31. The number of rotatable bonds is 4. The van der Waals surface area contributed by atoms with Gasteiger partial charge in [0.2, 0.25) is 0 Å². The van der Waals surface area contributed by atoms with Crippen molar-refractivity contribution in [2.75, 3.05) is 0 Å². The highest BCUT2D eigenvalue weighted by Gasteiger charge is 2.32. The molecule has 0 radical (unpaired) electrons. The molecule has 0 bridgehead atoms. The van der Waals surface area contributed by atoms with Gasteiger partial charge in [0.05, 0.1) is 27.9 Å². The monoisotopic (exact) mass is 465 g/mol. The summed E-state index contributed by atoms with van der Waals surface area (Å²) in [6.45, 7) is 22.4. The number of hydrogen-bond donors (Lipinski definition) is 0. The van der Waals surface area contributed by atoms with Crippen molar-refractivity contribution in [3.05, 3.63) is 34.9 Å². The fraction of sp³-hybridized carbons (Fsp3) is 0.600. The zero-order valence-electron chi connectivity index (χ0n) is 21.5. The molecule has 0 saturated heterocycles. The third-order valence-electron chi connectivity index (χ3n) is 5.79. The Morgan fingerprint density at radius 1 is 0.818 bits per heavy atom. The summed E-state index contributed by atoms with van der Waals surface area (Å²) >= 11 is 1.61.